The van der Waals surface area contributed by atoms with Crippen molar-refractivity contribution in [2.45, 2.75) is 43.0 Å². The van der Waals surface area contributed by atoms with E-state index in [9.17, 15) is 14.4 Å². The second-order valence-corrected chi connectivity index (χ2v) is 8.50. The van der Waals surface area contributed by atoms with Crippen molar-refractivity contribution < 1.29 is 23.9 Å². The van der Waals surface area contributed by atoms with Crippen LogP contribution in [0.25, 0.3) is 0 Å². The number of unbranched alkanes of at least 4 members (excludes halogenated alkanes) is 1. The van der Waals surface area contributed by atoms with Gasteiger partial charge in [0.05, 0.1) is 12.1 Å². The van der Waals surface area contributed by atoms with Crippen LogP contribution in [0.15, 0.2) is 18.2 Å². The largest absolute Gasteiger partial charge is 0.486 e. The highest BCUT2D eigenvalue weighted by molar-refractivity contribution is 8.00. The van der Waals surface area contributed by atoms with Gasteiger partial charge in [-0.3, -0.25) is 20.4 Å². The van der Waals surface area contributed by atoms with Gasteiger partial charge in [0.15, 0.2) is 11.5 Å². The van der Waals surface area contributed by atoms with Crippen LogP contribution in [0.3, 0.4) is 0 Å². The summed E-state index contributed by atoms with van der Waals surface area (Å²) in [7, 11) is 0. The highest BCUT2D eigenvalue weighted by Gasteiger charge is 2.42. The summed E-state index contributed by atoms with van der Waals surface area (Å²) in [4.78, 5) is 35.6. The summed E-state index contributed by atoms with van der Waals surface area (Å²) in [5.74, 6) is 1.42. The number of nitrogens with one attached hydrogen (secondary N) is 4. The average molecular weight is 420 g/mol. The molecule has 2 fully saturated rings. The minimum absolute atomic E-state index is 0.0848. The summed E-state index contributed by atoms with van der Waals surface area (Å²) >= 11 is 1.86. The predicted molar refractivity (Wildman–Crippen MR) is 107 cm³/mol. The van der Waals surface area contributed by atoms with Crippen LogP contribution in [0.1, 0.15) is 36.0 Å². The molecule has 0 aromatic heterocycles. The lowest BCUT2D eigenvalue weighted by atomic mass is 10.0. The van der Waals surface area contributed by atoms with E-state index in [0.29, 0.717) is 41.9 Å². The zero-order valence-corrected chi connectivity index (χ0v) is 16.7. The van der Waals surface area contributed by atoms with Crippen molar-refractivity contribution in [1.29, 1.82) is 0 Å². The Kier molecular flexibility index (Phi) is 5.98. The normalized spacial score (nSPS) is 24.3. The molecule has 3 heterocycles. The van der Waals surface area contributed by atoms with Crippen LogP contribution in [0.4, 0.5) is 4.79 Å². The molecule has 1 aromatic rings. The Bertz CT molecular complexity index is 805. The first-order valence-corrected chi connectivity index (χ1v) is 10.8. The van der Waals surface area contributed by atoms with E-state index in [1.165, 1.54) is 0 Å². The molecule has 0 unspecified atom stereocenters. The Morgan fingerprint density at radius 3 is 2.79 bits per heavy atom. The number of hydrogen-bond donors (Lipinski definition) is 4. The van der Waals surface area contributed by atoms with E-state index in [0.717, 1.165) is 25.0 Å². The number of ether oxygens (including phenoxy) is 2. The van der Waals surface area contributed by atoms with Crippen molar-refractivity contribution in [3.05, 3.63) is 23.8 Å². The van der Waals surface area contributed by atoms with E-state index in [1.54, 1.807) is 18.2 Å². The minimum atomic E-state index is -0.409. The van der Waals surface area contributed by atoms with Crippen LogP contribution in [0, 0.1) is 0 Å². The van der Waals surface area contributed by atoms with Gasteiger partial charge in [0.25, 0.3) is 5.91 Å². The second kappa shape index (κ2) is 8.81. The maximum Gasteiger partial charge on any atom is 0.315 e. The number of hydrazine groups is 1. The number of urea groups is 1. The molecule has 3 atom stereocenters. The molecule has 9 nitrogen and oxygen atoms in total. The van der Waals surface area contributed by atoms with E-state index in [-0.39, 0.29) is 24.0 Å². The monoisotopic (exact) mass is 420 g/mol. The SMILES string of the molecule is O=C(CCCC[C@@H]1SC[C@@H]2NC(=O)N[C@@H]21)NNC(=O)c1ccc2c(c1)OCCO2. The van der Waals surface area contributed by atoms with Crippen molar-refractivity contribution in [2.24, 2.45) is 0 Å². The van der Waals surface area contributed by atoms with Gasteiger partial charge in [-0.05, 0) is 31.0 Å². The Balaban J connectivity index is 1.14. The van der Waals surface area contributed by atoms with Gasteiger partial charge in [-0.25, -0.2) is 4.79 Å². The third-order valence-corrected chi connectivity index (χ3v) is 6.71. The lowest BCUT2D eigenvalue weighted by Gasteiger charge is -2.18. The van der Waals surface area contributed by atoms with E-state index in [2.05, 4.69) is 21.5 Å². The molecule has 29 heavy (non-hydrogen) atoms. The van der Waals surface area contributed by atoms with E-state index in [1.807, 2.05) is 11.8 Å². The third kappa shape index (κ3) is 4.69. The predicted octanol–water partition coefficient (Wildman–Crippen LogP) is 0.945. The van der Waals surface area contributed by atoms with Gasteiger partial charge in [-0.2, -0.15) is 11.8 Å². The van der Waals surface area contributed by atoms with Crippen LogP contribution in [-0.4, -0.2) is 54.1 Å². The summed E-state index contributed by atoms with van der Waals surface area (Å²) in [6.45, 7) is 0.930. The zero-order chi connectivity index (χ0) is 20.2. The number of hydrogen-bond acceptors (Lipinski definition) is 6. The molecule has 0 saturated carbocycles. The Labute approximate surface area is 172 Å². The molecule has 0 bridgehead atoms. The lowest BCUT2D eigenvalue weighted by molar-refractivity contribution is -0.122. The van der Waals surface area contributed by atoms with E-state index in [4.69, 9.17) is 9.47 Å². The number of fused-ring (bicyclic) bond motifs is 2. The Hall–Kier alpha value is -2.62. The summed E-state index contributed by atoms with van der Waals surface area (Å²) in [6.07, 6.45) is 2.89. The molecule has 2 saturated heterocycles. The minimum Gasteiger partial charge on any atom is -0.486 e. The Morgan fingerprint density at radius 1 is 1.10 bits per heavy atom. The number of carbonyl (C=O) groups excluding carboxylic acids is 3. The molecular weight excluding hydrogens is 396 g/mol. The standard InChI is InChI=1S/C19H24N4O5S/c24-16(4-2-1-3-15-17-12(10-29-15)20-19(26)21-17)22-23-18(25)11-5-6-13-14(9-11)28-8-7-27-13/h5-6,9,12,15,17H,1-4,7-8,10H2,(H,22,24)(H,23,25)(H2,20,21,26)/t12-,15-,17-/m0/s1. The first-order chi connectivity index (χ1) is 14.1. The molecule has 0 aliphatic carbocycles. The summed E-state index contributed by atoms with van der Waals surface area (Å²) in [5, 5.41) is 6.28. The van der Waals surface area contributed by atoms with Crippen molar-refractivity contribution in [2.75, 3.05) is 19.0 Å². The number of carbonyl (C=O) groups is 3. The van der Waals surface area contributed by atoms with Gasteiger partial charge in [-0.1, -0.05) is 6.42 Å². The Morgan fingerprint density at radius 2 is 1.93 bits per heavy atom. The fraction of sp³-hybridized carbons (Fsp3) is 0.526. The molecule has 4 amide bonds. The van der Waals surface area contributed by atoms with Crippen molar-refractivity contribution in [3.63, 3.8) is 0 Å². The third-order valence-electron chi connectivity index (χ3n) is 5.20. The van der Waals surface area contributed by atoms with E-state index < -0.39 is 5.91 Å². The molecular formula is C19H24N4O5S. The van der Waals surface area contributed by atoms with Crippen molar-refractivity contribution in [1.82, 2.24) is 21.5 Å². The summed E-state index contributed by atoms with van der Waals surface area (Å²) in [6, 6.07) is 5.22. The fourth-order valence-electron chi connectivity index (χ4n) is 3.72. The van der Waals surface area contributed by atoms with Gasteiger partial charge in [0, 0.05) is 23.0 Å². The van der Waals surface area contributed by atoms with Gasteiger partial charge < -0.3 is 20.1 Å². The van der Waals surface area contributed by atoms with Crippen LogP contribution in [0.2, 0.25) is 0 Å². The van der Waals surface area contributed by atoms with Gasteiger partial charge >= 0.3 is 6.03 Å². The van der Waals surface area contributed by atoms with Crippen LogP contribution < -0.4 is 31.0 Å². The quantitative estimate of drug-likeness (QED) is 0.309. The second-order valence-electron chi connectivity index (χ2n) is 7.23. The van der Waals surface area contributed by atoms with Crippen LogP contribution in [0.5, 0.6) is 11.5 Å². The van der Waals surface area contributed by atoms with Gasteiger partial charge in [0.1, 0.15) is 13.2 Å². The maximum absolute atomic E-state index is 12.2. The number of amides is 4. The van der Waals surface area contributed by atoms with Crippen LogP contribution >= 0.6 is 11.8 Å². The topological polar surface area (TPSA) is 118 Å². The number of rotatable bonds is 6. The molecule has 1 aromatic carbocycles. The highest BCUT2D eigenvalue weighted by Crippen LogP contribution is 2.33. The molecule has 156 valence electrons. The molecule has 4 rings (SSSR count). The summed E-state index contributed by atoms with van der Waals surface area (Å²) < 4.78 is 10.9. The van der Waals surface area contributed by atoms with Crippen LogP contribution in [-0.2, 0) is 4.79 Å². The van der Waals surface area contributed by atoms with Crippen molar-refractivity contribution in [3.8, 4) is 11.5 Å². The molecule has 4 N–H and O–H groups in total. The first kappa shape index (κ1) is 19.7. The molecule has 3 aliphatic rings. The van der Waals surface area contributed by atoms with Crippen molar-refractivity contribution >= 4 is 29.6 Å². The molecule has 0 spiro atoms. The molecule has 0 radical (unpaired) electrons. The molecule has 3 aliphatic heterocycles. The molecule has 10 heteroatoms. The maximum atomic E-state index is 12.2. The number of benzene rings is 1. The fourth-order valence-corrected chi connectivity index (χ4v) is 5.26. The smallest absolute Gasteiger partial charge is 0.315 e. The van der Waals surface area contributed by atoms with Gasteiger partial charge in [-0.15, -0.1) is 0 Å². The number of thioether (sulfide) groups is 1. The summed E-state index contributed by atoms with van der Waals surface area (Å²) in [5.41, 5.74) is 5.26. The first-order valence-electron chi connectivity index (χ1n) is 9.77. The zero-order valence-electron chi connectivity index (χ0n) is 15.9. The average Bonchev–Trinajstić information content (AvgIpc) is 3.28. The van der Waals surface area contributed by atoms with Gasteiger partial charge in [0.2, 0.25) is 5.91 Å². The lowest BCUT2D eigenvalue weighted by Crippen LogP contribution is -2.41. The highest BCUT2D eigenvalue weighted by atomic mass is 32.2. The van der Waals surface area contributed by atoms with E-state index >= 15 is 0 Å².